The van der Waals surface area contributed by atoms with E-state index in [2.05, 4.69) is 22.1 Å². The van der Waals surface area contributed by atoms with Gasteiger partial charge < -0.3 is 9.88 Å². The number of hydrogen-bond donors (Lipinski definition) is 1. The number of benzene rings is 1. The predicted molar refractivity (Wildman–Crippen MR) is 84.9 cm³/mol. The summed E-state index contributed by atoms with van der Waals surface area (Å²) in [7, 11) is 1.75. The van der Waals surface area contributed by atoms with Crippen LogP contribution in [0.1, 0.15) is 6.92 Å². The first-order chi connectivity index (χ1) is 10.5. The van der Waals surface area contributed by atoms with E-state index < -0.39 is 0 Å². The highest BCUT2D eigenvalue weighted by Gasteiger charge is 2.19. The van der Waals surface area contributed by atoms with Crippen molar-refractivity contribution in [2.45, 2.75) is 17.3 Å². The first-order valence-corrected chi connectivity index (χ1v) is 7.62. The van der Waals surface area contributed by atoms with Gasteiger partial charge in [0.1, 0.15) is 5.82 Å². The summed E-state index contributed by atoms with van der Waals surface area (Å²) in [6.45, 7) is 5.75. The maximum atomic E-state index is 13.8. The molecule has 0 spiro atoms. The zero-order valence-corrected chi connectivity index (χ0v) is 13.2. The average molecular weight is 320 g/mol. The Labute approximate surface area is 132 Å². The van der Waals surface area contributed by atoms with Gasteiger partial charge in [-0.05, 0) is 19.1 Å². The van der Waals surface area contributed by atoms with E-state index >= 15 is 0 Å². The quantitative estimate of drug-likeness (QED) is 0.656. The number of aromatic nitrogens is 3. The summed E-state index contributed by atoms with van der Waals surface area (Å²) >= 11 is 1.27. The second-order valence-electron chi connectivity index (χ2n) is 4.64. The van der Waals surface area contributed by atoms with Gasteiger partial charge >= 0.3 is 0 Å². The Hall–Kier alpha value is -2.15. The number of nitrogens with zero attached hydrogens (tertiary/aromatic N) is 3. The molecule has 0 fully saturated rings. The zero-order valence-electron chi connectivity index (χ0n) is 12.4. The van der Waals surface area contributed by atoms with Gasteiger partial charge in [0.25, 0.3) is 0 Å². The highest BCUT2D eigenvalue weighted by Crippen LogP contribution is 2.26. The van der Waals surface area contributed by atoms with Crippen molar-refractivity contribution in [1.82, 2.24) is 20.1 Å². The van der Waals surface area contributed by atoms with Crippen molar-refractivity contribution in [1.29, 1.82) is 0 Å². The third kappa shape index (κ3) is 3.54. The van der Waals surface area contributed by atoms with Crippen LogP contribution in [-0.2, 0) is 11.8 Å². The fraction of sp³-hybridized carbons (Fsp3) is 0.267. The summed E-state index contributed by atoms with van der Waals surface area (Å²) in [6.07, 6.45) is 1.62. The SMILES string of the molecule is C=CCNC(=O)C(C)Sc1nnc(-c2ccccc2F)n1C. The lowest BCUT2D eigenvalue weighted by molar-refractivity contribution is -0.120. The van der Waals surface area contributed by atoms with Crippen LogP contribution >= 0.6 is 11.8 Å². The normalized spacial score (nSPS) is 12.0. The van der Waals surface area contributed by atoms with Crippen LogP contribution in [0.5, 0.6) is 0 Å². The first kappa shape index (κ1) is 16.2. The molecule has 0 saturated carbocycles. The Morgan fingerprint density at radius 1 is 1.50 bits per heavy atom. The number of carbonyl (C=O) groups is 1. The molecule has 2 aromatic rings. The minimum atomic E-state index is -0.355. The van der Waals surface area contributed by atoms with Crippen LogP contribution in [0.4, 0.5) is 4.39 Å². The molecule has 0 aliphatic heterocycles. The lowest BCUT2D eigenvalue weighted by Gasteiger charge is -2.10. The van der Waals surface area contributed by atoms with Gasteiger partial charge in [0.05, 0.1) is 10.8 Å². The molecule has 1 N–H and O–H groups in total. The average Bonchev–Trinajstić information content (AvgIpc) is 2.86. The van der Waals surface area contributed by atoms with Crippen LogP contribution in [0, 0.1) is 5.82 Å². The van der Waals surface area contributed by atoms with Crippen LogP contribution in [-0.4, -0.2) is 32.5 Å². The summed E-state index contributed by atoms with van der Waals surface area (Å²) in [4.78, 5) is 11.9. The molecule has 0 aliphatic rings. The van der Waals surface area contributed by atoms with Crippen LogP contribution < -0.4 is 5.32 Å². The summed E-state index contributed by atoms with van der Waals surface area (Å²) < 4.78 is 15.5. The second kappa shape index (κ2) is 7.22. The highest BCUT2D eigenvalue weighted by atomic mass is 32.2. The maximum absolute atomic E-state index is 13.8. The van der Waals surface area contributed by atoms with Crippen LogP contribution in [0.25, 0.3) is 11.4 Å². The molecule has 1 atom stereocenters. The molecule has 2 rings (SSSR count). The third-order valence-corrected chi connectivity index (χ3v) is 4.16. The molecule has 7 heteroatoms. The van der Waals surface area contributed by atoms with Gasteiger partial charge in [-0.25, -0.2) is 4.39 Å². The number of nitrogens with one attached hydrogen (secondary N) is 1. The molecular formula is C15H17FN4OS. The molecule has 1 aromatic carbocycles. The number of rotatable bonds is 6. The van der Waals surface area contributed by atoms with E-state index in [4.69, 9.17) is 0 Å². The molecule has 1 unspecified atom stereocenters. The molecule has 0 bridgehead atoms. The van der Waals surface area contributed by atoms with E-state index in [1.165, 1.54) is 17.8 Å². The van der Waals surface area contributed by atoms with E-state index in [1.54, 1.807) is 42.8 Å². The van der Waals surface area contributed by atoms with Crippen molar-refractivity contribution in [3.05, 3.63) is 42.7 Å². The number of carbonyl (C=O) groups excluding carboxylic acids is 1. The van der Waals surface area contributed by atoms with Gasteiger partial charge in [-0.15, -0.1) is 16.8 Å². The molecule has 116 valence electrons. The largest absolute Gasteiger partial charge is 0.352 e. The lowest BCUT2D eigenvalue weighted by atomic mass is 10.2. The van der Waals surface area contributed by atoms with Crippen LogP contribution in [0.3, 0.4) is 0 Å². The van der Waals surface area contributed by atoms with E-state index in [9.17, 15) is 9.18 Å². The Morgan fingerprint density at radius 3 is 2.91 bits per heavy atom. The summed E-state index contributed by atoms with van der Waals surface area (Å²) in [5.41, 5.74) is 0.383. The number of amides is 1. The summed E-state index contributed by atoms with van der Waals surface area (Å²) in [5.74, 6) is -0.0361. The fourth-order valence-electron chi connectivity index (χ4n) is 1.82. The molecule has 0 saturated heterocycles. The zero-order chi connectivity index (χ0) is 16.1. The van der Waals surface area contributed by atoms with Crippen molar-refractivity contribution in [3.63, 3.8) is 0 Å². The second-order valence-corrected chi connectivity index (χ2v) is 5.95. The number of thioether (sulfide) groups is 1. The van der Waals surface area contributed by atoms with Crippen LogP contribution in [0.2, 0.25) is 0 Å². The van der Waals surface area contributed by atoms with Crippen molar-refractivity contribution in [2.75, 3.05) is 6.54 Å². The Balaban J connectivity index is 2.16. The van der Waals surface area contributed by atoms with Crippen molar-refractivity contribution in [2.24, 2.45) is 7.05 Å². The van der Waals surface area contributed by atoms with Crippen molar-refractivity contribution < 1.29 is 9.18 Å². The molecule has 22 heavy (non-hydrogen) atoms. The Kier molecular flexibility index (Phi) is 5.32. The molecule has 0 radical (unpaired) electrons. The predicted octanol–water partition coefficient (Wildman–Crippen LogP) is 2.40. The molecule has 1 heterocycles. The van der Waals surface area contributed by atoms with Gasteiger partial charge in [0.2, 0.25) is 5.91 Å². The summed E-state index contributed by atoms with van der Waals surface area (Å²) in [6, 6.07) is 6.39. The minimum Gasteiger partial charge on any atom is -0.352 e. The smallest absolute Gasteiger partial charge is 0.233 e. The molecule has 1 amide bonds. The number of halogens is 1. The van der Waals surface area contributed by atoms with Gasteiger partial charge in [-0.2, -0.15) is 0 Å². The third-order valence-electron chi connectivity index (χ3n) is 3.02. The van der Waals surface area contributed by atoms with Crippen LogP contribution in [0.15, 0.2) is 42.1 Å². The molecule has 0 aliphatic carbocycles. The van der Waals surface area contributed by atoms with Crippen molar-refractivity contribution in [3.8, 4) is 11.4 Å². The fourth-order valence-corrected chi connectivity index (χ4v) is 2.66. The van der Waals surface area contributed by atoms with E-state index in [-0.39, 0.29) is 17.0 Å². The number of hydrogen-bond acceptors (Lipinski definition) is 4. The molecule has 1 aromatic heterocycles. The minimum absolute atomic E-state index is 0.111. The van der Waals surface area contributed by atoms with E-state index in [1.807, 2.05) is 0 Å². The highest BCUT2D eigenvalue weighted by molar-refractivity contribution is 8.00. The van der Waals surface area contributed by atoms with Crippen molar-refractivity contribution >= 4 is 17.7 Å². The summed E-state index contributed by atoms with van der Waals surface area (Å²) in [5, 5.41) is 11.0. The van der Waals surface area contributed by atoms with E-state index in [0.29, 0.717) is 23.1 Å². The topological polar surface area (TPSA) is 59.8 Å². The molecule has 5 nitrogen and oxygen atoms in total. The Bertz CT molecular complexity index is 686. The van der Waals surface area contributed by atoms with Gasteiger partial charge in [-0.1, -0.05) is 30.0 Å². The van der Waals surface area contributed by atoms with E-state index in [0.717, 1.165) is 0 Å². The van der Waals surface area contributed by atoms with Gasteiger partial charge in [-0.3, -0.25) is 4.79 Å². The lowest BCUT2D eigenvalue weighted by Crippen LogP contribution is -2.31. The van der Waals surface area contributed by atoms with Gasteiger partial charge in [0.15, 0.2) is 11.0 Å². The Morgan fingerprint density at radius 2 is 2.23 bits per heavy atom. The first-order valence-electron chi connectivity index (χ1n) is 6.74. The standard InChI is InChI=1S/C15H17FN4OS/c1-4-9-17-14(21)10(2)22-15-19-18-13(20(15)3)11-7-5-6-8-12(11)16/h4-8,10H,1,9H2,2-3H3,(H,17,21). The van der Waals surface area contributed by atoms with Gasteiger partial charge in [0, 0.05) is 13.6 Å². The maximum Gasteiger partial charge on any atom is 0.233 e. The monoisotopic (exact) mass is 320 g/mol. The molecular weight excluding hydrogens is 303 g/mol.